The van der Waals surface area contributed by atoms with E-state index in [1.807, 2.05) is 0 Å². The van der Waals surface area contributed by atoms with Gasteiger partial charge in [0.15, 0.2) is 0 Å². The minimum absolute atomic E-state index is 1.83. The summed E-state index contributed by atoms with van der Waals surface area (Å²) in [5, 5.41) is 6.85. The molecule has 4 nitrogen and oxygen atoms in total. The van der Waals surface area contributed by atoms with Crippen LogP contribution >= 0.6 is 0 Å². The van der Waals surface area contributed by atoms with Gasteiger partial charge in [0.2, 0.25) is 10.5 Å². The molecular weight excluding hydrogens is 98.0 g/mol. The van der Waals surface area contributed by atoms with E-state index in [1.165, 1.54) is 0 Å². The van der Waals surface area contributed by atoms with Gasteiger partial charge in [-0.3, -0.25) is 0 Å². The molecule has 0 N–H and O–H groups in total. The van der Waals surface area contributed by atoms with E-state index in [9.17, 15) is 8.96 Å². The molecule has 0 saturated heterocycles. The Hall–Kier alpha value is -0.940. The van der Waals surface area contributed by atoms with Crippen molar-refractivity contribution in [2.45, 2.75) is 0 Å². The van der Waals surface area contributed by atoms with Crippen LogP contribution < -0.4 is 0 Å². The van der Waals surface area contributed by atoms with Crippen LogP contribution in [0.5, 0.6) is 0 Å². The molecule has 0 aliphatic rings. The first-order chi connectivity index (χ1) is 2.64. The van der Waals surface area contributed by atoms with E-state index in [-0.39, 0.29) is 0 Å². The fourth-order valence-electron chi connectivity index (χ4n) is 0. The molecule has 0 aliphatic heterocycles. The second-order valence-corrected chi connectivity index (χ2v) is 0.453. The van der Waals surface area contributed by atoms with Gasteiger partial charge in [0.1, 0.15) is 0 Å². The van der Waals surface area contributed by atoms with Crippen LogP contribution in [0.15, 0.2) is 0 Å². The molecule has 0 atom stereocenters. The van der Waals surface area contributed by atoms with Gasteiger partial charge < -0.3 is 0 Å². The van der Waals surface area contributed by atoms with Crippen LogP contribution in [-0.2, 0) is 0 Å². The van der Waals surface area contributed by atoms with Crippen molar-refractivity contribution in [3.05, 3.63) is 10.1 Å². The molecule has 0 rings (SSSR count). The minimum Gasteiger partial charge on any atom is -0.230 e. The molecule has 0 aliphatic carbocycles. The van der Waals surface area contributed by atoms with Crippen LogP contribution in [-0.4, -0.2) is 10.5 Å². The van der Waals surface area contributed by atoms with Gasteiger partial charge in [-0.1, -0.05) is 0 Å². The number of hydrazine groups is 1. The lowest BCUT2D eigenvalue weighted by Crippen LogP contribution is -2.08. The maximum atomic E-state index is 10.3. The van der Waals surface area contributed by atoms with Crippen molar-refractivity contribution in [1.29, 1.82) is 0 Å². The lowest BCUT2D eigenvalue weighted by molar-refractivity contribution is -0.758. The van der Waals surface area contributed by atoms with Crippen molar-refractivity contribution >= 4 is 0 Å². The third-order valence-electron chi connectivity index (χ3n) is 0.123. The van der Waals surface area contributed by atoms with E-state index in [0.717, 1.165) is 0 Å². The maximum absolute atomic E-state index is 10.3. The molecule has 0 aromatic rings. The molecule has 0 fully saturated rings. The predicted molar refractivity (Wildman–Crippen MR) is 11.0 cm³/mol. The third-order valence-corrected chi connectivity index (χ3v) is 0.123. The van der Waals surface area contributed by atoms with Gasteiger partial charge >= 0.3 is 0 Å². The monoisotopic (exact) mass is 98.0 g/mol. The third kappa shape index (κ3) is 1.39. The van der Waals surface area contributed by atoms with Crippen molar-refractivity contribution in [3.8, 4) is 0 Å². The summed E-state index contributed by atoms with van der Waals surface area (Å²) in [6, 6.07) is 0. The van der Waals surface area contributed by atoms with Gasteiger partial charge in [-0.2, -0.15) is 0 Å². The first kappa shape index (κ1) is 5.06. The maximum Gasteiger partial charge on any atom is 0.248 e. The molecule has 0 aromatic heterocycles. The van der Waals surface area contributed by atoms with Crippen LogP contribution in [0, 0.1) is 10.1 Å². The molecular formula is F2N2O2. The van der Waals surface area contributed by atoms with Crippen LogP contribution in [0.3, 0.4) is 0 Å². The van der Waals surface area contributed by atoms with Crippen molar-refractivity contribution in [1.82, 2.24) is 5.45 Å². The van der Waals surface area contributed by atoms with Crippen molar-refractivity contribution < 1.29 is 14.0 Å². The summed E-state index contributed by atoms with van der Waals surface area (Å²) < 4.78 is 20.6. The number of nitro groups is 1. The zero-order valence-corrected chi connectivity index (χ0v) is 2.47. The highest BCUT2D eigenvalue weighted by Crippen LogP contribution is 1.84. The SMILES string of the molecule is O=[N+]([O-])N(F)F. The topological polar surface area (TPSA) is 46.4 Å². The Morgan fingerprint density at radius 2 is 1.83 bits per heavy atom. The number of nitrogens with zero attached hydrogens (tertiary/aromatic N) is 2. The summed E-state index contributed by atoms with van der Waals surface area (Å²) >= 11 is 0. The summed E-state index contributed by atoms with van der Waals surface area (Å²) in [5.74, 6) is 0. The molecule has 6 heteroatoms. The summed E-state index contributed by atoms with van der Waals surface area (Å²) in [6.07, 6.45) is 0. The van der Waals surface area contributed by atoms with Crippen LogP contribution in [0.1, 0.15) is 0 Å². The standard InChI is InChI=1S/F2N2O2/c1-3(2)4(5)6. The van der Waals surface area contributed by atoms with Crippen LogP contribution in [0.4, 0.5) is 8.96 Å². The van der Waals surface area contributed by atoms with Gasteiger partial charge in [-0.05, 0) is 8.96 Å². The zero-order chi connectivity index (χ0) is 5.15. The number of halogens is 2. The molecule has 0 bridgehead atoms. The second-order valence-electron chi connectivity index (χ2n) is 0.453. The lowest BCUT2D eigenvalue weighted by atomic mass is 12.6. The van der Waals surface area contributed by atoms with Gasteiger partial charge in [-0.25, -0.2) is 10.1 Å². The first-order valence-electron chi connectivity index (χ1n) is 0.903. The predicted octanol–water partition coefficient (Wildman–Crippen LogP) is 0.249. The van der Waals surface area contributed by atoms with Crippen molar-refractivity contribution in [2.24, 2.45) is 0 Å². The average molecular weight is 98.0 g/mol. The molecule has 0 radical (unpaired) electrons. The molecule has 0 amide bonds. The lowest BCUT2D eigenvalue weighted by Gasteiger charge is -1.80. The molecule has 0 unspecified atom stereocenters. The fourth-order valence-corrected chi connectivity index (χ4v) is 0. The van der Waals surface area contributed by atoms with E-state index >= 15 is 0 Å². The highest BCUT2D eigenvalue weighted by atomic mass is 19.4. The van der Waals surface area contributed by atoms with Gasteiger partial charge in [0.25, 0.3) is 0 Å². The Balaban J connectivity index is 3.26. The highest BCUT2D eigenvalue weighted by molar-refractivity contribution is 3.89. The molecule has 0 spiro atoms. The summed E-state index contributed by atoms with van der Waals surface area (Å²) in [6.45, 7) is 0. The van der Waals surface area contributed by atoms with Crippen LogP contribution in [0.2, 0.25) is 0 Å². The zero-order valence-electron chi connectivity index (χ0n) is 2.47. The molecule has 0 saturated carbocycles. The first-order valence-corrected chi connectivity index (χ1v) is 0.903. The second kappa shape index (κ2) is 1.48. The molecule has 36 valence electrons. The van der Waals surface area contributed by atoms with E-state index in [0.29, 0.717) is 0 Å². The van der Waals surface area contributed by atoms with E-state index in [1.54, 1.807) is 0 Å². The Labute approximate surface area is 31.0 Å². The largest absolute Gasteiger partial charge is 0.248 e. The summed E-state index contributed by atoms with van der Waals surface area (Å²) in [7, 11) is 0. The van der Waals surface area contributed by atoms with Crippen molar-refractivity contribution in [3.63, 3.8) is 0 Å². The van der Waals surface area contributed by atoms with Gasteiger partial charge in [-0.15, -0.1) is 0 Å². The smallest absolute Gasteiger partial charge is 0.230 e. The molecule has 0 heterocycles. The Kier molecular flexibility index (Phi) is 1.25. The Morgan fingerprint density at radius 1 is 1.67 bits per heavy atom. The van der Waals surface area contributed by atoms with Gasteiger partial charge in [0.05, 0.1) is 0 Å². The van der Waals surface area contributed by atoms with E-state index in [4.69, 9.17) is 10.1 Å². The average Bonchev–Trinajstić information content (AvgIpc) is 1.36. The van der Waals surface area contributed by atoms with Crippen molar-refractivity contribution in [2.75, 3.05) is 0 Å². The molecule has 0 aromatic carbocycles. The van der Waals surface area contributed by atoms with Crippen LogP contribution in [0.25, 0.3) is 0 Å². The Morgan fingerprint density at radius 3 is 1.83 bits per heavy atom. The highest BCUT2D eigenvalue weighted by Gasteiger charge is 2.06. The minimum atomic E-state index is -2.11. The summed E-state index contributed by atoms with van der Waals surface area (Å²) in [5.41, 5.74) is -2.11. The number of hydrogen-bond acceptors (Lipinski definition) is 2. The Bertz CT molecular complexity index is 60.6. The normalized spacial score (nSPS) is 7.67. The van der Waals surface area contributed by atoms with E-state index in [2.05, 4.69) is 0 Å². The number of rotatable bonds is 1. The number of hydrogen-bond donors (Lipinski definition) is 0. The quantitative estimate of drug-likeness (QED) is 0.268. The summed E-state index contributed by atoms with van der Waals surface area (Å²) in [4.78, 5) is 8.68. The van der Waals surface area contributed by atoms with E-state index < -0.39 is 10.5 Å². The van der Waals surface area contributed by atoms with Gasteiger partial charge in [0, 0.05) is 0 Å². The fraction of sp³-hybridized carbons (Fsp3) is 0. The molecule has 6 heavy (non-hydrogen) atoms.